The van der Waals surface area contributed by atoms with Gasteiger partial charge in [-0.2, -0.15) is 0 Å². The monoisotopic (exact) mass is 244 g/mol. The van der Waals surface area contributed by atoms with Crippen LogP contribution in [0.5, 0.6) is 0 Å². The van der Waals surface area contributed by atoms with Crippen molar-refractivity contribution >= 4 is 0 Å². The van der Waals surface area contributed by atoms with Gasteiger partial charge in [-0.3, -0.25) is 0 Å². The maximum atomic E-state index is 5.80. The minimum atomic E-state index is 0.538. The second kappa shape index (κ2) is 2.99. The Labute approximate surface area is 110 Å². The zero-order valence-corrected chi connectivity index (χ0v) is 11.4. The first-order valence-corrected chi connectivity index (χ1v) is 7.98. The van der Waals surface area contributed by atoms with Gasteiger partial charge in [0.25, 0.3) is 0 Å². The average Bonchev–Trinajstić information content (AvgIpc) is 3.04. The first-order chi connectivity index (χ1) is 8.68. The molecule has 5 rings (SSSR count). The maximum Gasteiger partial charge on any atom is 0.0940 e. The van der Waals surface area contributed by atoms with Crippen LogP contribution < -0.4 is 0 Å². The molecule has 1 heteroatoms. The summed E-state index contributed by atoms with van der Waals surface area (Å²) >= 11 is 0. The van der Waals surface area contributed by atoms with Crippen LogP contribution in [0.2, 0.25) is 0 Å². The average molecular weight is 244 g/mol. The van der Waals surface area contributed by atoms with Crippen LogP contribution in [-0.4, -0.2) is 6.61 Å². The minimum absolute atomic E-state index is 0.538. The molecule has 0 radical (unpaired) electrons. The Morgan fingerprint density at radius 2 is 2.06 bits per heavy atom. The molecule has 98 valence electrons. The summed E-state index contributed by atoms with van der Waals surface area (Å²) in [5.74, 6) is 8.52. The molecule has 1 nitrogen and oxygen atoms in total. The lowest BCUT2D eigenvalue weighted by molar-refractivity contribution is 0.0138. The number of hydrogen-bond donors (Lipinski definition) is 0. The van der Waals surface area contributed by atoms with Crippen LogP contribution in [-0.2, 0) is 4.74 Å². The Hall–Kier alpha value is -0.460. The van der Waals surface area contributed by atoms with Gasteiger partial charge in [-0.05, 0) is 67.1 Å². The number of allylic oxidation sites excluding steroid dienone is 1. The maximum absolute atomic E-state index is 5.80. The predicted molar refractivity (Wildman–Crippen MR) is 70.7 cm³/mol. The Morgan fingerprint density at radius 1 is 1.17 bits per heavy atom. The summed E-state index contributed by atoms with van der Waals surface area (Å²) in [6, 6.07) is 0. The van der Waals surface area contributed by atoms with E-state index in [-0.39, 0.29) is 0 Å². The van der Waals surface area contributed by atoms with Crippen LogP contribution >= 0.6 is 0 Å². The van der Waals surface area contributed by atoms with Gasteiger partial charge in [0.2, 0.25) is 0 Å². The zero-order chi connectivity index (χ0) is 12.1. The van der Waals surface area contributed by atoms with E-state index in [2.05, 4.69) is 13.5 Å². The van der Waals surface area contributed by atoms with Crippen molar-refractivity contribution in [3.05, 3.63) is 12.3 Å². The molecule has 1 saturated heterocycles. The number of ether oxygens (including phenoxy) is 1. The highest BCUT2D eigenvalue weighted by Crippen LogP contribution is 2.74. The summed E-state index contributed by atoms with van der Waals surface area (Å²) in [5, 5.41) is 0. The molecule has 0 aromatic carbocycles. The highest BCUT2D eigenvalue weighted by atomic mass is 16.5. The van der Waals surface area contributed by atoms with Gasteiger partial charge in [-0.1, -0.05) is 13.5 Å². The zero-order valence-electron chi connectivity index (χ0n) is 11.4. The van der Waals surface area contributed by atoms with Crippen molar-refractivity contribution in [1.82, 2.24) is 0 Å². The van der Waals surface area contributed by atoms with Crippen molar-refractivity contribution in [2.24, 2.45) is 46.8 Å². The first kappa shape index (κ1) is 10.3. The smallest absolute Gasteiger partial charge is 0.0940 e. The molecule has 0 N–H and O–H groups in total. The quantitative estimate of drug-likeness (QED) is 0.588. The van der Waals surface area contributed by atoms with Crippen molar-refractivity contribution in [2.75, 3.05) is 6.61 Å². The lowest BCUT2D eigenvalue weighted by Crippen LogP contribution is -2.41. The van der Waals surface area contributed by atoms with E-state index in [1.165, 1.54) is 25.7 Å². The van der Waals surface area contributed by atoms with E-state index in [9.17, 15) is 0 Å². The highest BCUT2D eigenvalue weighted by Gasteiger charge is 2.68. The van der Waals surface area contributed by atoms with Crippen molar-refractivity contribution in [1.29, 1.82) is 0 Å². The largest absolute Gasteiger partial charge is 0.498 e. The molecule has 0 amide bonds. The van der Waals surface area contributed by atoms with Crippen molar-refractivity contribution < 1.29 is 4.74 Å². The van der Waals surface area contributed by atoms with Gasteiger partial charge in [-0.25, -0.2) is 0 Å². The van der Waals surface area contributed by atoms with E-state index in [1.54, 1.807) is 6.42 Å². The van der Waals surface area contributed by atoms with Crippen LogP contribution in [0, 0.1) is 46.8 Å². The van der Waals surface area contributed by atoms with Crippen LogP contribution in [0.4, 0.5) is 0 Å². The molecule has 5 fully saturated rings. The van der Waals surface area contributed by atoms with E-state index in [1.807, 2.05) is 0 Å². The fourth-order valence-electron chi connectivity index (χ4n) is 7.34. The van der Waals surface area contributed by atoms with E-state index >= 15 is 0 Å². The van der Waals surface area contributed by atoms with Gasteiger partial charge in [0.05, 0.1) is 12.4 Å². The topological polar surface area (TPSA) is 9.23 Å². The second-order valence-corrected chi connectivity index (χ2v) is 8.20. The van der Waals surface area contributed by atoms with Gasteiger partial charge in [0.15, 0.2) is 0 Å². The molecule has 4 saturated carbocycles. The summed E-state index contributed by atoms with van der Waals surface area (Å²) in [6.07, 6.45) is 7.29. The summed E-state index contributed by atoms with van der Waals surface area (Å²) < 4.78 is 5.80. The molecule has 1 spiro atoms. The third kappa shape index (κ3) is 0.992. The molecule has 5 aliphatic rings. The summed E-state index contributed by atoms with van der Waals surface area (Å²) in [5.41, 5.74) is 0.538. The van der Waals surface area contributed by atoms with E-state index in [4.69, 9.17) is 4.74 Å². The number of rotatable bonds is 0. The molecule has 8 atom stereocenters. The second-order valence-electron chi connectivity index (χ2n) is 8.20. The van der Waals surface area contributed by atoms with Crippen LogP contribution in [0.25, 0.3) is 0 Å². The predicted octanol–water partition coefficient (Wildman–Crippen LogP) is 3.85. The fraction of sp³-hybridized carbons (Fsp3) is 0.882. The van der Waals surface area contributed by atoms with Gasteiger partial charge in [-0.15, -0.1) is 0 Å². The Morgan fingerprint density at radius 3 is 2.83 bits per heavy atom. The summed E-state index contributed by atoms with van der Waals surface area (Å²) in [4.78, 5) is 0. The molecular weight excluding hydrogens is 220 g/mol. The molecule has 1 aliphatic heterocycles. The lowest BCUT2D eigenvalue weighted by atomic mass is 9.59. The van der Waals surface area contributed by atoms with Gasteiger partial charge in [0.1, 0.15) is 0 Å². The van der Waals surface area contributed by atoms with Crippen LogP contribution in [0.1, 0.15) is 39.0 Å². The van der Waals surface area contributed by atoms with Gasteiger partial charge in [0, 0.05) is 11.8 Å². The van der Waals surface area contributed by atoms with E-state index in [0.717, 1.165) is 53.8 Å². The van der Waals surface area contributed by atoms with Crippen LogP contribution in [0.15, 0.2) is 12.3 Å². The molecule has 0 aromatic rings. The Bertz CT molecular complexity index is 427. The lowest BCUT2D eigenvalue weighted by Gasteiger charge is -2.44. The van der Waals surface area contributed by atoms with Crippen molar-refractivity contribution in [3.63, 3.8) is 0 Å². The van der Waals surface area contributed by atoms with Gasteiger partial charge < -0.3 is 4.74 Å². The number of fused-ring (bicyclic) bond motifs is 10. The van der Waals surface area contributed by atoms with Crippen molar-refractivity contribution in [2.45, 2.75) is 39.0 Å². The normalized spacial score (nSPS) is 63.8. The van der Waals surface area contributed by atoms with E-state index < -0.39 is 0 Å². The SMILES string of the molecule is C=C1CC2(CO1)CC1CC2C2C3CC(C)C(C3)C12. The standard InChI is InChI=1S/C17H24O/c1-9-3-11-4-13(9)15-12-5-14(16(11)15)17(7-12)6-10(2)18-8-17/h9,11-16H,2-8H2,1H3. The Balaban J connectivity index is 1.52. The Kier molecular flexibility index (Phi) is 1.72. The molecule has 4 aliphatic carbocycles. The highest BCUT2D eigenvalue weighted by molar-refractivity contribution is 5.19. The van der Waals surface area contributed by atoms with E-state index in [0.29, 0.717) is 5.41 Å². The minimum Gasteiger partial charge on any atom is -0.498 e. The third-order valence-corrected chi connectivity index (χ3v) is 7.60. The molecule has 0 aromatic heterocycles. The van der Waals surface area contributed by atoms with Crippen LogP contribution in [0.3, 0.4) is 0 Å². The fourth-order valence-corrected chi connectivity index (χ4v) is 7.34. The summed E-state index contributed by atoms with van der Waals surface area (Å²) in [7, 11) is 0. The number of hydrogen-bond acceptors (Lipinski definition) is 1. The third-order valence-electron chi connectivity index (χ3n) is 7.60. The molecule has 4 bridgehead atoms. The first-order valence-electron chi connectivity index (χ1n) is 7.98. The molecular formula is C17H24O. The van der Waals surface area contributed by atoms with Gasteiger partial charge >= 0.3 is 0 Å². The molecule has 8 unspecified atom stereocenters. The van der Waals surface area contributed by atoms with Crippen molar-refractivity contribution in [3.8, 4) is 0 Å². The molecule has 1 heterocycles. The molecule has 18 heavy (non-hydrogen) atoms. The summed E-state index contributed by atoms with van der Waals surface area (Å²) in [6.45, 7) is 7.60.